The lowest BCUT2D eigenvalue weighted by atomic mass is 10.1. The van der Waals surface area contributed by atoms with Crippen LogP contribution in [0.4, 0.5) is 0 Å². The molecule has 0 atom stereocenters. The van der Waals surface area contributed by atoms with Crippen LogP contribution >= 0.6 is 22.6 Å². The molecule has 0 unspecified atom stereocenters. The summed E-state index contributed by atoms with van der Waals surface area (Å²) in [6, 6.07) is 8.72. The summed E-state index contributed by atoms with van der Waals surface area (Å²) >= 11 is 2.27. The number of hydrogen-bond acceptors (Lipinski definition) is 1. The number of aromatic nitrogens is 2. The van der Waals surface area contributed by atoms with Crippen molar-refractivity contribution in [3.8, 4) is 0 Å². The van der Waals surface area contributed by atoms with Crippen molar-refractivity contribution in [2.45, 2.75) is 19.9 Å². The van der Waals surface area contributed by atoms with Crippen molar-refractivity contribution < 1.29 is 0 Å². The number of hydrogen-bond donors (Lipinski definition) is 0. The average molecular weight is 312 g/mol. The molecule has 0 fully saturated rings. The summed E-state index contributed by atoms with van der Waals surface area (Å²) < 4.78 is 3.14. The second-order valence-corrected chi connectivity index (χ2v) is 4.77. The minimum absolute atomic E-state index is 0.854. The monoisotopic (exact) mass is 312 g/mol. The van der Waals surface area contributed by atoms with Gasteiger partial charge in [-0.3, -0.25) is 4.68 Å². The molecule has 1 aromatic heterocycles. The number of aryl methyl sites for hydroxylation is 1. The van der Waals surface area contributed by atoms with Crippen LogP contribution in [0.25, 0.3) is 0 Å². The van der Waals surface area contributed by atoms with Crippen LogP contribution in [0.3, 0.4) is 0 Å². The Morgan fingerprint density at radius 2 is 1.87 bits per heavy atom. The Kier molecular flexibility index (Phi) is 3.41. The molecule has 0 radical (unpaired) electrons. The molecule has 1 aromatic carbocycles. The molecule has 2 aromatic rings. The first-order valence-electron chi connectivity index (χ1n) is 5.03. The average Bonchev–Trinajstić information content (AvgIpc) is 2.65. The van der Waals surface area contributed by atoms with Crippen LogP contribution in [0.1, 0.15) is 18.1 Å². The Hall–Kier alpha value is -0.840. The van der Waals surface area contributed by atoms with E-state index < -0.39 is 0 Å². The summed E-state index contributed by atoms with van der Waals surface area (Å²) in [5.74, 6) is 0. The predicted molar refractivity (Wildman–Crippen MR) is 69.9 cm³/mol. The van der Waals surface area contributed by atoms with Crippen LogP contribution in [0.15, 0.2) is 36.7 Å². The summed E-state index contributed by atoms with van der Waals surface area (Å²) in [7, 11) is 0. The third-order valence-corrected chi connectivity index (χ3v) is 2.93. The Bertz CT molecular complexity index is 431. The molecular formula is C12H13IN2. The van der Waals surface area contributed by atoms with Crippen LogP contribution in [0, 0.1) is 3.57 Å². The lowest BCUT2D eigenvalue weighted by Gasteiger charge is -2.02. The fraction of sp³-hybridized carbons (Fsp3) is 0.250. The van der Waals surface area contributed by atoms with E-state index in [1.54, 1.807) is 0 Å². The van der Waals surface area contributed by atoms with Gasteiger partial charge >= 0.3 is 0 Å². The molecule has 0 N–H and O–H groups in total. The molecule has 15 heavy (non-hydrogen) atoms. The van der Waals surface area contributed by atoms with Gasteiger partial charge in [0.2, 0.25) is 0 Å². The molecule has 78 valence electrons. The van der Waals surface area contributed by atoms with E-state index in [1.807, 2.05) is 17.1 Å². The Balaban J connectivity index is 2.11. The zero-order chi connectivity index (χ0) is 10.7. The highest BCUT2D eigenvalue weighted by Crippen LogP contribution is 2.08. The molecule has 0 aliphatic rings. The highest BCUT2D eigenvalue weighted by atomic mass is 127. The zero-order valence-electron chi connectivity index (χ0n) is 8.65. The van der Waals surface area contributed by atoms with Gasteiger partial charge in [0.1, 0.15) is 0 Å². The predicted octanol–water partition coefficient (Wildman–Crippen LogP) is 3.10. The summed E-state index contributed by atoms with van der Waals surface area (Å²) in [6.45, 7) is 3.03. The van der Waals surface area contributed by atoms with Crippen LogP contribution in [0.2, 0.25) is 0 Å². The van der Waals surface area contributed by atoms with Crippen LogP contribution in [0.5, 0.6) is 0 Å². The van der Waals surface area contributed by atoms with Gasteiger partial charge in [-0.1, -0.05) is 31.2 Å². The topological polar surface area (TPSA) is 17.8 Å². The number of halogens is 1. The zero-order valence-corrected chi connectivity index (χ0v) is 10.8. The van der Waals surface area contributed by atoms with Gasteiger partial charge < -0.3 is 0 Å². The molecular weight excluding hydrogens is 299 g/mol. The van der Waals surface area contributed by atoms with Crippen molar-refractivity contribution in [3.05, 3.63) is 51.4 Å². The first-order chi connectivity index (χ1) is 7.28. The van der Waals surface area contributed by atoms with Gasteiger partial charge in [0.15, 0.2) is 0 Å². The highest BCUT2D eigenvalue weighted by molar-refractivity contribution is 14.1. The number of rotatable bonds is 3. The largest absolute Gasteiger partial charge is 0.267 e. The molecule has 0 aliphatic heterocycles. The molecule has 0 amide bonds. The van der Waals surface area contributed by atoms with Crippen molar-refractivity contribution in [2.75, 3.05) is 0 Å². The summed E-state index contributed by atoms with van der Waals surface area (Å²) in [5, 5.41) is 4.26. The van der Waals surface area contributed by atoms with Gasteiger partial charge in [0, 0.05) is 6.20 Å². The normalized spacial score (nSPS) is 10.5. The molecule has 0 saturated heterocycles. The Labute approximate surface area is 103 Å². The first kappa shape index (κ1) is 10.7. The summed E-state index contributed by atoms with van der Waals surface area (Å²) in [6.07, 6.45) is 5.02. The Morgan fingerprint density at radius 1 is 1.20 bits per heavy atom. The second-order valence-electron chi connectivity index (χ2n) is 3.53. The number of benzene rings is 1. The smallest absolute Gasteiger partial charge is 0.0659 e. The molecule has 0 saturated carbocycles. The van der Waals surface area contributed by atoms with Crippen molar-refractivity contribution in [1.29, 1.82) is 0 Å². The molecule has 1 heterocycles. The fourth-order valence-electron chi connectivity index (χ4n) is 1.49. The van der Waals surface area contributed by atoms with E-state index in [0.717, 1.165) is 13.0 Å². The third-order valence-electron chi connectivity index (χ3n) is 2.38. The maximum Gasteiger partial charge on any atom is 0.0659 e. The van der Waals surface area contributed by atoms with Gasteiger partial charge in [-0.25, -0.2) is 0 Å². The van der Waals surface area contributed by atoms with E-state index in [2.05, 4.69) is 58.9 Å². The van der Waals surface area contributed by atoms with Gasteiger partial charge in [0.25, 0.3) is 0 Å². The van der Waals surface area contributed by atoms with E-state index in [4.69, 9.17) is 0 Å². The van der Waals surface area contributed by atoms with Crippen LogP contribution < -0.4 is 0 Å². The summed E-state index contributed by atoms with van der Waals surface area (Å²) in [4.78, 5) is 0. The van der Waals surface area contributed by atoms with E-state index in [1.165, 1.54) is 14.7 Å². The quantitative estimate of drug-likeness (QED) is 0.796. The standard InChI is InChI=1S/C12H13IN2/c1-2-10-3-5-11(6-4-10)8-15-9-12(13)7-14-15/h3-7,9H,2,8H2,1H3. The number of nitrogens with zero attached hydrogens (tertiary/aromatic N) is 2. The van der Waals surface area contributed by atoms with Crippen molar-refractivity contribution in [1.82, 2.24) is 9.78 Å². The van der Waals surface area contributed by atoms with Crippen molar-refractivity contribution in [2.24, 2.45) is 0 Å². The Morgan fingerprint density at radius 3 is 2.40 bits per heavy atom. The van der Waals surface area contributed by atoms with E-state index in [-0.39, 0.29) is 0 Å². The summed E-state index contributed by atoms with van der Waals surface area (Å²) in [5.41, 5.74) is 2.68. The molecule has 0 bridgehead atoms. The molecule has 3 heteroatoms. The van der Waals surface area contributed by atoms with Crippen molar-refractivity contribution >= 4 is 22.6 Å². The molecule has 2 nitrogen and oxygen atoms in total. The van der Waals surface area contributed by atoms with Crippen molar-refractivity contribution in [3.63, 3.8) is 0 Å². The first-order valence-corrected chi connectivity index (χ1v) is 6.11. The lowest BCUT2D eigenvalue weighted by molar-refractivity contribution is 0.686. The van der Waals surface area contributed by atoms with Gasteiger partial charge in [-0.15, -0.1) is 0 Å². The maximum absolute atomic E-state index is 4.26. The molecule has 0 spiro atoms. The second kappa shape index (κ2) is 4.79. The molecule has 0 aliphatic carbocycles. The minimum Gasteiger partial charge on any atom is -0.267 e. The third kappa shape index (κ3) is 2.81. The van der Waals surface area contributed by atoms with Gasteiger partial charge in [-0.2, -0.15) is 5.10 Å². The van der Waals surface area contributed by atoms with Crippen LogP contribution in [-0.2, 0) is 13.0 Å². The SMILES string of the molecule is CCc1ccc(Cn2cc(I)cn2)cc1. The van der Waals surface area contributed by atoms with E-state index >= 15 is 0 Å². The van der Waals surface area contributed by atoms with Gasteiger partial charge in [-0.05, 0) is 40.1 Å². The lowest BCUT2D eigenvalue weighted by Crippen LogP contribution is -1.99. The highest BCUT2D eigenvalue weighted by Gasteiger charge is 1.97. The van der Waals surface area contributed by atoms with Gasteiger partial charge in [0.05, 0.1) is 16.3 Å². The maximum atomic E-state index is 4.26. The van der Waals surface area contributed by atoms with E-state index in [9.17, 15) is 0 Å². The van der Waals surface area contributed by atoms with Crippen LogP contribution in [-0.4, -0.2) is 9.78 Å². The molecule has 2 rings (SSSR count). The van der Waals surface area contributed by atoms with E-state index in [0.29, 0.717) is 0 Å². The fourth-order valence-corrected chi connectivity index (χ4v) is 1.94. The minimum atomic E-state index is 0.854.